The molecule has 4 aliphatic heterocycles. The van der Waals surface area contributed by atoms with Crippen LogP contribution < -0.4 is 15.0 Å². The second-order valence-corrected chi connectivity index (χ2v) is 10.6. The molecule has 3 fully saturated rings. The molecule has 1 aromatic carbocycles. The van der Waals surface area contributed by atoms with Crippen LogP contribution in [0.3, 0.4) is 0 Å². The van der Waals surface area contributed by atoms with E-state index in [1.807, 2.05) is 17.2 Å². The van der Waals surface area contributed by atoms with Gasteiger partial charge in [-0.15, -0.1) is 6.42 Å². The summed E-state index contributed by atoms with van der Waals surface area (Å²) in [5, 5.41) is 3.59. The lowest BCUT2D eigenvalue weighted by Gasteiger charge is -2.47. The van der Waals surface area contributed by atoms with Crippen molar-refractivity contribution in [2.24, 2.45) is 0 Å². The molecule has 1 amide bonds. The van der Waals surface area contributed by atoms with E-state index in [0.29, 0.717) is 12.0 Å². The Balaban J connectivity index is 1.22. The summed E-state index contributed by atoms with van der Waals surface area (Å²) < 4.78 is 12.1. The van der Waals surface area contributed by atoms with Crippen molar-refractivity contribution in [3.05, 3.63) is 53.7 Å². The molecule has 1 aromatic heterocycles. The Kier molecular flexibility index (Phi) is 6.73. The number of pyridine rings is 1. The number of benzene rings is 1. The molecule has 1 atom stereocenters. The zero-order chi connectivity index (χ0) is 26.2. The van der Waals surface area contributed by atoms with Crippen molar-refractivity contribution in [2.45, 2.75) is 37.8 Å². The fraction of sp³-hybridized carbons (Fsp3) is 0.467. The van der Waals surface area contributed by atoms with E-state index >= 15 is 0 Å². The topological polar surface area (TPSA) is 70.2 Å². The Morgan fingerprint density at radius 3 is 2.68 bits per heavy atom. The second kappa shape index (κ2) is 10.3. The number of carbonyl (C=O) groups excluding carboxylic acids is 1. The summed E-state index contributed by atoms with van der Waals surface area (Å²) >= 11 is 0. The molecule has 198 valence electrons. The lowest BCUT2D eigenvalue weighted by atomic mass is 9.85. The number of nitrogens with one attached hydrogen (secondary N) is 1. The summed E-state index contributed by atoms with van der Waals surface area (Å²) in [4.78, 5) is 23.2. The van der Waals surface area contributed by atoms with Gasteiger partial charge in [-0.05, 0) is 68.6 Å². The maximum Gasteiger partial charge on any atom is 0.246 e. The van der Waals surface area contributed by atoms with Gasteiger partial charge in [-0.1, -0.05) is 12.5 Å². The number of amides is 1. The number of nitrogens with zero attached hydrogens (tertiary/aromatic N) is 4. The minimum absolute atomic E-state index is 0.0249. The first-order valence-electron chi connectivity index (χ1n) is 13.6. The Bertz CT molecular complexity index is 1270. The lowest BCUT2D eigenvalue weighted by Crippen LogP contribution is -2.61. The van der Waals surface area contributed by atoms with Gasteiger partial charge in [0, 0.05) is 49.7 Å². The van der Waals surface area contributed by atoms with Gasteiger partial charge in [0.1, 0.15) is 17.7 Å². The van der Waals surface area contributed by atoms with Crippen LogP contribution in [0.25, 0.3) is 0 Å². The number of terminal acetylenes is 1. The molecular weight excluding hydrogens is 478 g/mol. The molecule has 6 rings (SSSR count). The fourth-order valence-corrected chi connectivity index (χ4v) is 6.25. The summed E-state index contributed by atoms with van der Waals surface area (Å²) in [6, 6.07) is 6.72. The Hall–Kier alpha value is -3.54. The van der Waals surface area contributed by atoms with Gasteiger partial charge in [-0.3, -0.25) is 9.69 Å². The van der Waals surface area contributed by atoms with E-state index in [0.717, 1.165) is 99.4 Å². The summed E-state index contributed by atoms with van der Waals surface area (Å²) in [5.41, 5.74) is 5.21. The van der Waals surface area contributed by atoms with E-state index in [2.05, 4.69) is 46.7 Å². The Morgan fingerprint density at radius 2 is 1.97 bits per heavy atom. The van der Waals surface area contributed by atoms with E-state index in [9.17, 15) is 4.79 Å². The number of fused-ring (bicyclic) bond motifs is 2. The molecule has 5 heterocycles. The molecule has 1 N–H and O–H groups in total. The van der Waals surface area contributed by atoms with E-state index in [-0.39, 0.29) is 12.0 Å². The van der Waals surface area contributed by atoms with Gasteiger partial charge >= 0.3 is 0 Å². The predicted octanol–water partition coefficient (Wildman–Crippen LogP) is 3.67. The van der Waals surface area contributed by atoms with Crippen LogP contribution in [0.1, 0.15) is 48.5 Å². The third-order valence-electron chi connectivity index (χ3n) is 8.42. The minimum atomic E-state index is -0.181. The number of aromatic nitrogens is 1. The van der Waals surface area contributed by atoms with Crippen molar-refractivity contribution >= 4 is 23.1 Å². The average Bonchev–Trinajstić information content (AvgIpc) is 3.07. The van der Waals surface area contributed by atoms with Crippen LogP contribution in [-0.2, 0) is 9.53 Å². The van der Waals surface area contributed by atoms with Crippen molar-refractivity contribution in [1.82, 2.24) is 14.8 Å². The molecular formula is C30H35N5O3. The number of carbonyl (C=O) groups is 1. The van der Waals surface area contributed by atoms with Crippen molar-refractivity contribution in [3.63, 3.8) is 0 Å². The molecule has 0 spiro atoms. The smallest absolute Gasteiger partial charge is 0.246 e. The van der Waals surface area contributed by atoms with Crippen LogP contribution in [0, 0.1) is 12.3 Å². The van der Waals surface area contributed by atoms with Crippen molar-refractivity contribution < 1.29 is 14.3 Å². The molecule has 0 saturated carbocycles. The first kappa shape index (κ1) is 24.8. The highest BCUT2D eigenvalue weighted by Gasteiger charge is 2.36. The zero-order valence-corrected chi connectivity index (χ0v) is 22.0. The highest BCUT2D eigenvalue weighted by atomic mass is 16.5. The number of hydrogen-bond acceptors (Lipinski definition) is 7. The number of piperidine rings is 1. The maximum absolute atomic E-state index is 11.8. The molecule has 8 nitrogen and oxygen atoms in total. The monoisotopic (exact) mass is 513 g/mol. The quantitative estimate of drug-likeness (QED) is 0.494. The number of rotatable bonds is 4. The van der Waals surface area contributed by atoms with Crippen LogP contribution in [0.5, 0.6) is 5.75 Å². The third-order valence-corrected chi connectivity index (χ3v) is 8.42. The Labute approximate surface area is 224 Å². The van der Waals surface area contributed by atoms with Gasteiger partial charge in [-0.25, -0.2) is 4.98 Å². The third kappa shape index (κ3) is 4.50. The van der Waals surface area contributed by atoms with E-state index in [4.69, 9.17) is 20.9 Å². The highest BCUT2D eigenvalue weighted by Crippen LogP contribution is 2.45. The molecule has 3 saturated heterocycles. The molecule has 2 aromatic rings. The molecule has 1 unspecified atom stereocenters. The molecule has 8 heteroatoms. The van der Waals surface area contributed by atoms with Gasteiger partial charge in [0.05, 0.1) is 24.5 Å². The highest BCUT2D eigenvalue weighted by molar-refractivity contribution is 5.87. The molecule has 0 bridgehead atoms. The van der Waals surface area contributed by atoms with Gasteiger partial charge in [0.2, 0.25) is 5.91 Å². The molecule has 0 radical (unpaired) electrons. The van der Waals surface area contributed by atoms with Crippen LogP contribution >= 0.6 is 0 Å². The standard InChI is InChI=1S/C30H35N5O3/c1-4-21-16-27-25(17-24(21)22-7-10-33(11-8-22)23-18-35(19-23)28(36)5-2)32-30-29(20(3)38-27)26(6-9-31-30)34-12-14-37-15-13-34/h1,5-6,9,16-17,20,22-23H,2,7-8,10-15,18-19H2,3H3,(H,31,32). The Morgan fingerprint density at radius 1 is 1.21 bits per heavy atom. The summed E-state index contributed by atoms with van der Waals surface area (Å²) in [5.74, 6) is 4.93. The van der Waals surface area contributed by atoms with Crippen LogP contribution in [0.4, 0.5) is 17.2 Å². The van der Waals surface area contributed by atoms with Crippen molar-refractivity contribution in [3.8, 4) is 18.1 Å². The van der Waals surface area contributed by atoms with E-state index < -0.39 is 0 Å². The van der Waals surface area contributed by atoms with Gasteiger partial charge in [-0.2, -0.15) is 0 Å². The number of likely N-dealkylation sites (tertiary alicyclic amines) is 2. The number of morpholine rings is 1. The average molecular weight is 514 g/mol. The normalized spacial score (nSPS) is 22.2. The fourth-order valence-electron chi connectivity index (χ4n) is 6.25. The SMILES string of the molecule is C#Cc1cc2c(cc1C1CCN(C3CN(C(=O)C=C)C3)CC1)Nc1nccc(N3CCOCC3)c1C(C)O2. The number of ether oxygens (including phenoxy) is 2. The van der Waals surface area contributed by atoms with E-state index in [1.54, 1.807) is 0 Å². The van der Waals surface area contributed by atoms with Crippen molar-refractivity contribution in [2.75, 3.05) is 62.7 Å². The predicted molar refractivity (Wildman–Crippen MR) is 148 cm³/mol. The van der Waals surface area contributed by atoms with Gasteiger partial charge < -0.3 is 24.6 Å². The van der Waals surface area contributed by atoms with Crippen LogP contribution in [-0.4, -0.2) is 79.2 Å². The first-order chi connectivity index (χ1) is 18.6. The first-order valence-corrected chi connectivity index (χ1v) is 13.6. The number of hydrogen-bond donors (Lipinski definition) is 1. The maximum atomic E-state index is 11.8. The minimum Gasteiger partial charge on any atom is -0.484 e. The summed E-state index contributed by atoms with van der Waals surface area (Å²) in [6.07, 6.45) is 11.2. The number of anilines is 3. The molecule has 4 aliphatic rings. The van der Waals surface area contributed by atoms with Crippen LogP contribution in [0.2, 0.25) is 0 Å². The molecule has 0 aliphatic carbocycles. The van der Waals surface area contributed by atoms with E-state index in [1.165, 1.54) is 11.6 Å². The van der Waals surface area contributed by atoms with Crippen LogP contribution in [0.15, 0.2) is 37.1 Å². The summed E-state index contributed by atoms with van der Waals surface area (Å²) in [7, 11) is 0. The largest absolute Gasteiger partial charge is 0.484 e. The van der Waals surface area contributed by atoms with Crippen molar-refractivity contribution in [1.29, 1.82) is 0 Å². The molecule has 38 heavy (non-hydrogen) atoms. The van der Waals surface area contributed by atoms with Gasteiger partial charge in [0.15, 0.2) is 0 Å². The summed E-state index contributed by atoms with van der Waals surface area (Å²) in [6.45, 7) is 12.4. The lowest BCUT2D eigenvalue weighted by molar-refractivity contribution is -0.133. The zero-order valence-electron chi connectivity index (χ0n) is 22.0. The second-order valence-electron chi connectivity index (χ2n) is 10.6. The van der Waals surface area contributed by atoms with Gasteiger partial charge in [0.25, 0.3) is 0 Å².